The minimum absolute atomic E-state index is 0.0917. The highest BCUT2D eigenvalue weighted by molar-refractivity contribution is 6.28. The molecular weight excluding hydrogens is 495 g/mol. The van der Waals surface area contributed by atoms with E-state index in [2.05, 4.69) is 20.5 Å². The average Bonchev–Trinajstić information content (AvgIpc) is 2.84. The molecule has 3 aromatic rings. The summed E-state index contributed by atoms with van der Waals surface area (Å²) in [6.07, 6.45) is 2.18. The molecule has 3 rings (SSSR count). The Morgan fingerprint density at radius 2 is 2.11 bits per heavy atom. The van der Waals surface area contributed by atoms with Gasteiger partial charge in [-0.3, -0.25) is 9.59 Å². The largest absolute Gasteiger partial charge is 0.493 e. The number of aryl methyl sites for hydroxylation is 1. The second-order valence-corrected chi connectivity index (χ2v) is 7.56. The molecular formula is C23H20ClFN6O5. The van der Waals surface area contributed by atoms with Crippen LogP contribution in [0.3, 0.4) is 0 Å². The van der Waals surface area contributed by atoms with Crippen LogP contribution in [0.2, 0.25) is 5.28 Å². The number of hydrazone groups is 1. The summed E-state index contributed by atoms with van der Waals surface area (Å²) in [5.41, 5.74) is 3.02. The second-order valence-electron chi connectivity index (χ2n) is 7.22. The quantitative estimate of drug-likeness (QED) is 0.261. The summed E-state index contributed by atoms with van der Waals surface area (Å²) < 4.78 is 30.8. The fourth-order valence-corrected chi connectivity index (χ4v) is 3.26. The van der Waals surface area contributed by atoms with Crippen LogP contribution in [0, 0.1) is 24.1 Å². The van der Waals surface area contributed by atoms with Crippen molar-refractivity contribution in [2.24, 2.45) is 5.10 Å². The van der Waals surface area contributed by atoms with Crippen LogP contribution in [0.15, 0.2) is 40.4 Å². The standard InChI is InChI=1S/C23H20ClFN6O5/c1-13-6-15(12-34-2)16(8-26)22(33)31(13)11-20(32)30-28-9-14-4-5-18(35-3)19(7-14)36-21-17(25)10-27-23(24)29-21/h4-7,9-10H,11-12H2,1-3H3,(H,30,32)/b28-9+. The summed E-state index contributed by atoms with van der Waals surface area (Å²) in [4.78, 5) is 32.2. The van der Waals surface area contributed by atoms with Gasteiger partial charge in [0.2, 0.25) is 11.1 Å². The Kier molecular flexibility index (Phi) is 8.66. The molecule has 2 heterocycles. The molecule has 1 aromatic carbocycles. The van der Waals surface area contributed by atoms with Crippen LogP contribution in [0.1, 0.15) is 22.4 Å². The maximum atomic E-state index is 14.0. The van der Waals surface area contributed by atoms with E-state index in [4.69, 9.17) is 25.8 Å². The Morgan fingerprint density at radius 3 is 2.81 bits per heavy atom. The molecule has 1 amide bonds. The van der Waals surface area contributed by atoms with E-state index in [0.29, 0.717) is 16.8 Å². The Hall–Kier alpha value is -4.34. The number of hydrogen-bond acceptors (Lipinski definition) is 9. The molecule has 186 valence electrons. The van der Waals surface area contributed by atoms with Crippen molar-refractivity contribution in [2.75, 3.05) is 14.2 Å². The Morgan fingerprint density at radius 1 is 1.33 bits per heavy atom. The van der Waals surface area contributed by atoms with Crippen molar-refractivity contribution >= 4 is 23.7 Å². The lowest BCUT2D eigenvalue weighted by molar-refractivity contribution is -0.121. The third-order valence-corrected chi connectivity index (χ3v) is 4.96. The number of methoxy groups -OCH3 is 2. The Bertz CT molecular complexity index is 1420. The molecule has 0 radical (unpaired) electrons. The van der Waals surface area contributed by atoms with Gasteiger partial charge in [-0.05, 0) is 48.4 Å². The lowest BCUT2D eigenvalue weighted by atomic mass is 10.1. The number of amides is 1. The van der Waals surface area contributed by atoms with Crippen molar-refractivity contribution in [3.05, 3.63) is 74.3 Å². The zero-order valence-electron chi connectivity index (χ0n) is 19.4. The van der Waals surface area contributed by atoms with E-state index < -0.39 is 23.2 Å². The van der Waals surface area contributed by atoms with Gasteiger partial charge < -0.3 is 18.8 Å². The van der Waals surface area contributed by atoms with Gasteiger partial charge in [0.1, 0.15) is 18.2 Å². The predicted molar refractivity (Wildman–Crippen MR) is 127 cm³/mol. The van der Waals surface area contributed by atoms with Crippen LogP contribution in [-0.4, -0.2) is 40.9 Å². The minimum atomic E-state index is -0.826. The number of halogens is 2. The Balaban J connectivity index is 1.74. The maximum absolute atomic E-state index is 14.0. The number of carbonyl (C=O) groups excluding carboxylic acids is 1. The second kappa shape index (κ2) is 11.9. The molecule has 36 heavy (non-hydrogen) atoms. The smallest absolute Gasteiger partial charge is 0.269 e. The first-order chi connectivity index (χ1) is 17.3. The van der Waals surface area contributed by atoms with E-state index in [1.165, 1.54) is 31.1 Å². The summed E-state index contributed by atoms with van der Waals surface area (Å²) in [5.74, 6) is -1.42. The van der Waals surface area contributed by atoms with Gasteiger partial charge in [0.25, 0.3) is 17.3 Å². The van der Waals surface area contributed by atoms with Crippen LogP contribution in [0.5, 0.6) is 17.4 Å². The normalized spacial score (nSPS) is 10.8. The number of ether oxygens (including phenoxy) is 3. The average molecular weight is 515 g/mol. The number of nitrogens with zero attached hydrogens (tertiary/aromatic N) is 5. The molecule has 0 spiro atoms. The zero-order valence-corrected chi connectivity index (χ0v) is 20.2. The highest BCUT2D eigenvalue weighted by atomic mass is 35.5. The van der Waals surface area contributed by atoms with E-state index >= 15 is 0 Å². The van der Waals surface area contributed by atoms with E-state index in [-0.39, 0.29) is 35.5 Å². The van der Waals surface area contributed by atoms with Crippen molar-refractivity contribution in [1.82, 2.24) is 20.0 Å². The van der Waals surface area contributed by atoms with Gasteiger partial charge in [-0.2, -0.15) is 19.7 Å². The van der Waals surface area contributed by atoms with Crippen molar-refractivity contribution in [3.63, 3.8) is 0 Å². The van der Waals surface area contributed by atoms with Gasteiger partial charge in [-0.25, -0.2) is 10.4 Å². The molecule has 0 bridgehead atoms. The molecule has 0 saturated heterocycles. The van der Waals surface area contributed by atoms with Gasteiger partial charge in [-0.1, -0.05) is 0 Å². The van der Waals surface area contributed by atoms with Gasteiger partial charge in [0, 0.05) is 18.4 Å². The molecule has 11 nitrogen and oxygen atoms in total. The van der Waals surface area contributed by atoms with Gasteiger partial charge in [-0.15, -0.1) is 0 Å². The molecule has 2 aromatic heterocycles. The Labute approximate surface area is 209 Å². The summed E-state index contributed by atoms with van der Waals surface area (Å²) in [6.45, 7) is 1.39. The molecule has 13 heteroatoms. The number of rotatable bonds is 9. The highest BCUT2D eigenvalue weighted by Gasteiger charge is 2.15. The number of benzene rings is 1. The van der Waals surface area contributed by atoms with Crippen molar-refractivity contribution in [3.8, 4) is 23.4 Å². The highest BCUT2D eigenvalue weighted by Crippen LogP contribution is 2.32. The van der Waals surface area contributed by atoms with Crippen LogP contribution in [0.4, 0.5) is 4.39 Å². The van der Waals surface area contributed by atoms with Crippen LogP contribution in [0.25, 0.3) is 0 Å². The van der Waals surface area contributed by atoms with Gasteiger partial charge >= 0.3 is 0 Å². The third-order valence-electron chi connectivity index (χ3n) is 4.78. The SMILES string of the molecule is COCc1cc(C)n(CC(=O)N/N=C/c2ccc(OC)c(Oc3nc(Cl)ncc3F)c2)c(=O)c1C#N. The van der Waals surface area contributed by atoms with Gasteiger partial charge in [0.05, 0.1) is 26.1 Å². The van der Waals surface area contributed by atoms with E-state index in [1.807, 2.05) is 6.07 Å². The number of nitriles is 1. The number of pyridine rings is 1. The third kappa shape index (κ3) is 6.21. The molecule has 0 fully saturated rings. The summed E-state index contributed by atoms with van der Waals surface area (Å²) in [6, 6.07) is 8.12. The number of aromatic nitrogens is 3. The first-order valence-electron chi connectivity index (χ1n) is 10.3. The fraction of sp³-hybridized carbons (Fsp3) is 0.217. The van der Waals surface area contributed by atoms with Gasteiger partial charge in [0.15, 0.2) is 11.5 Å². The monoisotopic (exact) mass is 514 g/mol. The lowest BCUT2D eigenvalue weighted by Crippen LogP contribution is -2.33. The molecule has 0 unspecified atom stereocenters. The van der Waals surface area contributed by atoms with Crippen LogP contribution >= 0.6 is 11.6 Å². The molecule has 0 aliphatic rings. The van der Waals surface area contributed by atoms with E-state index in [0.717, 1.165) is 6.20 Å². The van der Waals surface area contributed by atoms with E-state index in [1.54, 1.807) is 25.1 Å². The van der Waals surface area contributed by atoms with Crippen LogP contribution in [-0.2, 0) is 22.7 Å². The summed E-state index contributed by atoms with van der Waals surface area (Å²) >= 11 is 5.70. The maximum Gasteiger partial charge on any atom is 0.269 e. The number of carbonyl (C=O) groups is 1. The summed E-state index contributed by atoms with van der Waals surface area (Å²) in [7, 11) is 2.86. The minimum Gasteiger partial charge on any atom is -0.493 e. The predicted octanol–water partition coefficient (Wildman–Crippen LogP) is 2.71. The summed E-state index contributed by atoms with van der Waals surface area (Å²) in [5, 5.41) is 13.0. The first-order valence-corrected chi connectivity index (χ1v) is 10.6. The first kappa shape index (κ1) is 26.3. The fourth-order valence-electron chi connectivity index (χ4n) is 3.14. The number of hydrogen-bond donors (Lipinski definition) is 1. The molecule has 0 saturated carbocycles. The molecule has 0 aliphatic carbocycles. The van der Waals surface area contributed by atoms with Crippen molar-refractivity contribution < 1.29 is 23.4 Å². The van der Waals surface area contributed by atoms with Crippen molar-refractivity contribution in [1.29, 1.82) is 5.26 Å². The topological polar surface area (TPSA) is 141 Å². The molecule has 0 aliphatic heterocycles. The zero-order chi connectivity index (χ0) is 26.2. The molecule has 1 N–H and O–H groups in total. The van der Waals surface area contributed by atoms with Crippen LogP contribution < -0.4 is 20.5 Å². The lowest BCUT2D eigenvalue weighted by Gasteiger charge is -2.12. The molecule has 0 atom stereocenters. The van der Waals surface area contributed by atoms with Crippen molar-refractivity contribution in [2.45, 2.75) is 20.1 Å². The number of nitrogens with one attached hydrogen (secondary N) is 1. The van der Waals surface area contributed by atoms with E-state index in [9.17, 15) is 19.2 Å².